The first-order valence-corrected chi connectivity index (χ1v) is 7.17. The van der Waals surface area contributed by atoms with Crippen molar-refractivity contribution in [3.8, 4) is 0 Å². The third-order valence-electron chi connectivity index (χ3n) is 3.37. The highest BCUT2D eigenvalue weighted by atomic mass is 16.1. The Morgan fingerprint density at radius 2 is 2.10 bits per heavy atom. The topological polar surface area (TPSA) is 61.0 Å². The molecule has 1 heterocycles. The number of rotatable bonds is 7. The number of H-pyrrole nitrogens is 1. The van der Waals surface area contributed by atoms with E-state index >= 15 is 0 Å². The maximum absolute atomic E-state index is 11.9. The smallest absolute Gasteiger partial charge is 0.254 e. The van der Waals surface area contributed by atoms with Crippen LogP contribution in [0.25, 0.3) is 0 Å². The molecule has 0 aliphatic heterocycles. The molecule has 0 aliphatic carbocycles. The van der Waals surface area contributed by atoms with Crippen LogP contribution in [0.2, 0.25) is 0 Å². The summed E-state index contributed by atoms with van der Waals surface area (Å²) in [5.41, 5.74) is 2.72. The summed E-state index contributed by atoms with van der Waals surface area (Å²) in [5, 5.41) is 9.54. The van der Waals surface area contributed by atoms with Gasteiger partial charge in [-0.2, -0.15) is 5.10 Å². The predicted molar refractivity (Wildman–Crippen MR) is 83.1 cm³/mol. The number of nitrogens with one attached hydrogen (secondary N) is 2. The molecule has 2 aromatic rings. The number of carbonyl (C=O) groups is 1. The molecule has 0 bridgehead atoms. The van der Waals surface area contributed by atoms with Crippen molar-refractivity contribution in [2.75, 3.05) is 20.1 Å². The summed E-state index contributed by atoms with van der Waals surface area (Å²) in [7, 11) is 2.09. The number of benzene rings is 1. The molecule has 112 valence electrons. The summed E-state index contributed by atoms with van der Waals surface area (Å²) in [6.45, 7) is 4.38. The second-order valence-electron chi connectivity index (χ2n) is 5.24. The third-order valence-corrected chi connectivity index (χ3v) is 3.37. The SMILES string of the molecule is Cc1[nH]ncc1C(=O)NCCCN(C)Cc1ccccc1. The van der Waals surface area contributed by atoms with Gasteiger partial charge in [0.2, 0.25) is 0 Å². The van der Waals surface area contributed by atoms with Gasteiger partial charge in [0.15, 0.2) is 0 Å². The summed E-state index contributed by atoms with van der Waals surface area (Å²) >= 11 is 0. The Bertz CT molecular complexity index is 565. The average Bonchev–Trinajstić information content (AvgIpc) is 2.91. The van der Waals surface area contributed by atoms with Crippen LogP contribution in [0.1, 0.15) is 28.0 Å². The Balaban J connectivity index is 1.65. The lowest BCUT2D eigenvalue weighted by Crippen LogP contribution is -2.28. The first kappa shape index (κ1) is 15.3. The van der Waals surface area contributed by atoms with Crippen LogP contribution in [0, 0.1) is 6.92 Å². The van der Waals surface area contributed by atoms with Gasteiger partial charge in [0.05, 0.1) is 11.8 Å². The summed E-state index contributed by atoms with van der Waals surface area (Å²) in [6.07, 6.45) is 2.48. The quantitative estimate of drug-likeness (QED) is 0.765. The van der Waals surface area contributed by atoms with Crippen LogP contribution in [0.3, 0.4) is 0 Å². The van der Waals surface area contributed by atoms with Gasteiger partial charge in [-0.1, -0.05) is 30.3 Å². The van der Waals surface area contributed by atoms with Crippen LogP contribution in [0.5, 0.6) is 0 Å². The second kappa shape index (κ2) is 7.59. The minimum absolute atomic E-state index is 0.0630. The van der Waals surface area contributed by atoms with E-state index in [1.807, 2.05) is 13.0 Å². The normalized spacial score (nSPS) is 10.8. The lowest BCUT2D eigenvalue weighted by Gasteiger charge is -2.16. The molecule has 0 spiro atoms. The number of aryl methyl sites for hydroxylation is 1. The van der Waals surface area contributed by atoms with E-state index in [9.17, 15) is 4.79 Å². The largest absolute Gasteiger partial charge is 0.352 e. The van der Waals surface area contributed by atoms with Crippen LogP contribution in [-0.4, -0.2) is 41.1 Å². The third kappa shape index (κ3) is 4.72. The molecule has 1 aromatic heterocycles. The zero-order valence-electron chi connectivity index (χ0n) is 12.6. The van der Waals surface area contributed by atoms with Crippen LogP contribution in [-0.2, 0) is 6.54 Å². The first-order valence-electron chi connectivity index (χ1n) is 7.17. The molecule has 1 aromatic carbocycles. The van der Waals surface area contributed by atoms with Gasteiger partial charge in [-0.15, -0.1) is 0 Å². The minimum atomic E-state index is -0.0630. The van der Waals surface area contributed by atoms with E-state index in [1.165, 1.54) is 5.56 Å². The number of aromatic amines is 1. The molecule has 2 rings (SSSR count). The molecule has 5 heteroatoms. The predicted octanol–water partition coefficient (Wildman–Crippen LogP) is 1.97. The molecular weight excluding hydrogens is 264 g/mol. The van der Waals surface area contributed by atoms with Gasteiger partial charge in [-0.25, -0.2) is 0 Å². The van der Waals surface area contributed by atoms with Gasteiger partial charge in [-0.05, 0) is 32.5 Å². The lowest BCUT2D eigenvalue weighted by atomic mass is 10.2. The molecule has 0 radical (unpaired) electrons. The maximum atomic E-state index is 11.9. The van der Waals surface area contributed by atoms with Crippen molar-refractivity contribution in [3.05, 3.63) is 53.3 Å². The van der Waals surface area contributed by atoms with Crippen LogP contribution < -0.4 is 5.32 Å². The fourth-order valence-electron chi connectivity index (χ4n) is 2.20. The van der Waals surface area contributed by atoms with E-state index in [2.05, 4.69) is 51.7 Å². The van der Waals surface area contributed by atoms with Crippen molar-refractivity contribution >= 4 is 5.91 Å². The number of nitrogens with zero attached hydrogens (tertiary/aromatic N) is 2. The molecule has 0 unspecified atom stereocenters. The van der Waals surface area contributed by atoms with Gasteiger partial charge in [0.1, 0.15) is 0 Å². The molecule has 0 fully saturated rings. The van der Waals surface area contributed by atoms with E-state index in [1.54, 1.807) is 6.20 Å². The summed E-state index contributed by atoms with van der Waals surface area (Å²) in [6, 6.07) is 10.4. The average molecular weight is 286 g/mol. The van der Waals surface area contributed by atoms with Gasteiger partial charge in [0, 0.05) is 18.8 Å². The van der Waals surface area contributed by atoms with E-state index in [-0.39, 0.29) is 5.91 Å². The molecule has 0 atom stereocenters. The number of amides is 1. The minimum Gasteiger partial charge on any atom is -0.352 e. The van der Waals surface area contributed by atoms with E-state index in [0.717, 1.165) is 25.2 Å². The lowest BCUT2D eigenvalue weighted by molar-refractivity contribution is 0.0951. The summed E-state index contributed by atoms with van der Waals surface area (Å²) in [5.74, 6) is -0.0630. The molecule has 0 aliphatic rings. The van der Waals surface area contributed by atoms with Gasteiger partial charge >= 0.3 is 0 Å². The van der Waals surface area contributed by atoms with E-state index < -0.39 is 0 Å². The Morgan fingerprint density at radius 3 is 2.76 bits per heavy atom. The fourth-order valence-corrected chi connectivity index (χ4v) is 2.20. The number of carbonyl (C=O) groups excluding carboxylic acids is 1. The van der Waals surface area contributed by atoms with Crippen molar-refractivity contribution < 1.29 is 4.79 Å². The standard InChI is InChI=1S/C16H22N4O/c1-13-15(11-18-19-13)16(21)17-9-6-10-20(2)12-14-7-4-3-5-8-14/h3-5,7-8,11H,6,9-10,12H2,1-2H3,(H,17,21)(H,18,19). The highest BCUT2D eigenvalue weighted by Gasteiger charge is 2.09. The van der Waals surface area contributed by atoms with Crippen molar-refractivity contribution in [2.45, 2.75) is 19.9 Å². The van der Waals surface area contributed by atoms with Gasteiger partial charge in [0.25, 0.3) is 5.91 Å². The van der Waals surface area contributed by atoms with Crippen molar-refractivity contribution in [2.24, 2.45) is 0 Å². The Morgan fingerprint density at radius 1 is 1.33 bits per heavy atom. The van der Waals surface area contributed by atoms with Crippen LogP contribution in [0.4, 0.5) is 0 Å². The summed E-state index contributed by atoms with van der Waals surface area (Å²) in [4.78, 5) is 14.1. The summed E-state index contributed by atoms with van der Waals surface area (Å²) < 4.78 is 0. The molecule has 2 N–H and O–H groups in total. The first-order chi connectivity index (χ1) is 10.2. The van der Waals surface area contributed by atoms with Gasteiger partial charge in [-0.3, -0.25) is 9.89 Å². The molecule has 0 saturated carbocycles. The monoisotopic (exact) mass is 286 g/mol. The van der Waals surface area contributed by atoms with Crippen molar-refractivity contribution in [1.82, 2.24) is 20.4 Å². The Kier molecular flexibility index (Phi) is 5.51. The fraction of sp³-hybridized carbons (Fsp3) is 0.375. The number of hydrogen-bond acceptors (Lipinski definition) is 3. The zero-order chi connectivity index (χ0) is 15.1. The Labute approximate surface area is 125 Å². The van der Waals surface area contributed by atoms with E-state index in [0.29, 0.717) is 12.1 Å². The number of hydrogen-bond donors (Lipinski definition) is 2. The molecule has 1 amide bonds. The zero-order valence-corrected chi connectivity index (χ0v) is 12.6. The molecule has 0 saturated heterocycles. The van der Waals surface area contributed by atoms with Gasteiger partial charge < -0.3 is 10.2 Å². The van der Waals surface area contributed by atoms with Crippen LogP contribution >= 0.6 is 0 Å². The molecule has 5 nitrogen and oxygen atoms in total. The molecular formula is C16H22N4O. The highest BCUT2D eigenvalue weighted by molar-refractivity contribution is 5.94. The maximum Gasteiger partial charge on any atom is 0.254 e. The van der Waals surface area contributed by atoms with Crippen molar-refractivity contribution in [1.29, 1.82) is 0 Å². The Hall–Kier alpha value is -2.14. The molecule has 21 heavy (non-hydrogen) atoms. The van der Waals surface area contributed by atoms with Crippen molar-refractivity contribution in [3.63, 3.8) is 0 Å². The van der Waals surface area contributed by atoms with E-state index in [4.69, 9.17) is 0 Å². The highest BCUT2D eigenvalue weighted by Crippen LogP contribution is 2.03. The second-order valence-corrected chi connectivity index (χ2v) is 5.24. The number of aromatic nitrogens is 2. The van der Waals surface area contributed by atoms with Crippen LogP contribution in [0.15, 0.2) is 36.5 Å².